The van der Waals surface area contributed by atoms with Gasteiger partial charge < -0.3 is 14.2 Å². The first-order valence-corrected chi connectivity index (χ1v) is 11.1. The van der Waals surface area contributed by atoms with Gasteiger partial charge in [0.25, 0.3) is 0 Å². The minimum atomic E-state index is -0.620. The highest BCUT2D eigenvalue weighted by atomic mass is 32.2. The third-order valence-electron chi connectivity index (χ3n) is 4.78. The number of benzene rings is 1. The van der Waals surface area contributed by atoms with Gasteiger partial charge in [-0.1, -0.05) is 31.7 Å². The van der Waals surface area contributed by atoms with Gasteiger partial charge in [-0.25, -0.2) is 9.79 Å². The zero-order chi connectivity index (χ0) is 21.8. The normalized spacial score (nSPS) is 18.9. The molecule has 2 aliphatic rings. The highest BCUT2D eigenvalue weighted by molar-refractivity contribution is 8.14. The number of hydrogen-bond donors (Lipinski definition) is 0. The van der Waals surface area contributed by atoms with Crippen LogP contribution in [0.2, 0.25) is 0 Å². The van der Waals surface area contributed by atoms with E-state index in [1.165, 1.54) is 11.8 Å². The second-order valence-corrected chi connectivity index (χ2v) is 8.56. The summed E-state index contributed by atoms with van der Waals surface area (Å²) < 4.78 is 16.7. The number of ether oxygens (including phenoxy) is 3. The number of carbonyl (C=O) groups is 2. The topological polar surface area (TPSA) is 77.4 Å². The van der Waals surface area contributed by atoms with Crippen molar-refractivity contribution in [2.45, 2.75) is 40.2 Å². The van der Waals surface area contributed by atoms with E-state index < -0.39 is 12.0 Å². The zero-order valence-corrected chi connectivity index (χ0v) is 18.9. The number of esters is 1. The van der Waals surface area contributed by atoms with E-state index in [9.17, 15) is 9.59 Å². The Morgan fingerprint density at radius 3 is 2.77 bits per heavy atom. The first kappa shape index (κ1) is 22.2. The van der Waals surface area contributed by atoms with E-state index in [1.807, 2.05) is 18.2 Å². The highest BCUT2D eigenvalue weighted by Crippen LogP contribution is 2.42. The van der Waals surface area contributed by atoms with Crippen molar-refractivity contribution in [1.82, 2.24) is 4.90 Å². The summed E-state index contributed by atoms with van der Waals surface area (Å²) in [5.74, 6) is 1.69. The van der Waals surface area contributed by atoms with Crippen LogP contribution in [0.3, 0.4) is 0 Å². The van der Waals surface area contributed by atoms with Gasteiger partial charge in [0.15, 0.2) is 16.7 Å². The molecule has 1 fully saturated rings. The number of hydrogen-bond acceptors (Lipinski definition) is 7. The van der Waals surface area contributed by atoms with Gasteiger partial charge in [0.2, 0.25) is 5.91 Å². The summed E-state index contributed by atoms with van der Waals surface area (Å²) in [5.41, 5.74) is 1.68. The van der Waals surface area contributed by atoms with E-state index in [1.54, 1.807) is 25.9 Å². The number of amidine groups is 1. The van der Waals surface area contributed by atoms with Gasteiger partial charge in [-0.05, 0) is 37.5 Å². The van der Waals surface area contributed by atoms with Gasteiger partial charge in [0, 0.05) is 12.2 Å². The predicted octanol–water partition coefficient (Wildman–Crippen LogP) is 3.94. The molecule has 1 aromatic carbocycles. The van der Waals surface area contributed by atoms with Crippen LogP contribution in [-0.4, -0.2) is 48.0 Å². The standard InChI is InChI=1S/C22H28N2O5S/c1-6-28-21(26)19-14(4)23-22-24(18(25)9-10-30-22)20(19)15-7-8-16(17(11-15)27-5)29-12-13(2)3/h7-8,11,13,20H,6,9-10,12H2,1-5H3/t20-/m0/s1. The average Bonchev–Trinajstić information content (AvgIpc) is 2.71. The maximum Gasteiger partial charge on any atom is 0.338 e. The second kappa shape index (κ2) is 9.55. The maximum atomic E-state index is 12.8. The lowest BCUT2D eigenvalue weighted by molar-refractivity contribution is -0.139. The van der Waals surface area contributed by atoms with Crippen LogP contribution in [0.15, 0.2) is 34.5 Å². The second-order valence-electron chi connectivity index (χ2n) is 7.49. The van der Waals surface area contributed by atoms with Gasteiger partial charge in [-0.15, -0.1) is 0 Å². The fraction of sp³-hybridized carbons (Fsp3) is 0.500. The third-order valence-corrected chi connectivity index (χ3v) is 5.73. The van der Waals surface area contributed by atoms with Crippen molar-refractivity contribution in [1.29, 1.82) is 0 Å². The Balaban J connectivity index is 2.08. The van der Waals surface area contributed by atoms with E-state index in [0.717, 1.165) is 5.56 Å². The van der Waals surface area contributed by atoms with Crippen molar-refractivity contribution in [2.75, 3.05) is 26.1 Å². The minimum Gasteiger partial charge on any atom is -0.493 e. The number of carbonyl (C=O) groups excluding carboxylic acids is 2. The number of rotatable bonds is 7. The van der Waals surface area contributed by atoms with E-state index >= 15 is 0 Å². The summed E-state index contributed by atoms with van der Waals surface area (Å²) in [5, 5.41) is 0.612. The number of amides is 1. The average molecular weight is 433 g/mol. The lowest BCUT2D eigenvalue weighted by Crippen LogP contribution is -2.45. The summed E-state index contributed by atoms with van der Waals surface area (Å²) in [4.78, 5) is 31.8. The van der Waals surface area contributed by atoms with Crippen molar-refractivity contribution in [3.8, 4) is 11.5 Å². The molecule has 1 saturated heterocycles. The molecular formula is C22H28N2O5S. The molecule has 1 amide bonds. The molecule has 162 valence electrons. The van der Waals surface area contributed by atoms with Crippen LogP contribution in [0.25, 0.3) is 0 Å². The molecule has 1 aromatic rings. The van der Waals surface area contributed by atoms with Gasteiger partial charge in [0.1, 0.15) is 0 Å². The van der Waals surface area contributed by atoms with E-state index in [0.29, 0.717) is 52.6 Å². The molecule has 3 rings (SSSR count). The lowest BCUT2D eigenvalue weighted by atomic mass is 9.94. The Hall–Kier alpha value is -2.48. The fourth-order valence-electron chi connectivity index (χ4n) is 3.41. The molecule has 7 nitrogen and oxygen atoms in total. The Labute approximate surface area is 181 Å². The quantitative estimate of drug-likeness (QED) is 0.608. The molecule has 0 aliphatic carbocycles. The zero-order valence-electron chi connectivity index (χ0n) is 18.1. The van der Waals surface area contributed by atoms with Gasteiger partial charge in [-0.3, -0.25) is 9.69 Å². The molecule has 0 bridgehead atoms. The van der Waals surface area contributed by atoms with Crippen LogP contribution in [0.5, 0.6) is 11.5 Å². The molecule has 0 unspecified atom stereocenters. The van der Waals surface area contributed by atoms with Gasteiger partial charge in [0.05, 0.1) is 37.6 Å². The Morgan fingerprint density at radius 1 is 1.33 bits per heavy atom. The number of thioether (sulfide) groups is 1. The Kier molecular flexibility index (Phi) is 7.07. The number of nitrogens with zero attached hydrogens (tertiary/aromatic N) is 2. The third kappa shape index (κ3) is 4.48. The van der Waals surface area contributed by atoms with Gasteiger partial charge in [-0.2, -0.15) is 0 Å². The monoisotopic (exact) mass is 432 g/mol. The maximum absolute atomic E-state index is 12.8. The highest BCUT2D eigenvalue weighted by Gasteiger charge is 2.41. The van der Waals surface area contributed by atoms with Crippen LogP contribution in [0.1, 0.15) is 45.7 Å². The van der Waals surface area contributed by atoms with Crippen LogP contribution in [0, 0.1) is 5.92 Å². The SMILES string of the molecule is CCOC(=O)C1=C(C)N=C2SCCC(=O)N2[C@H]1c1ccc(OCC(C)C)c(OC)c1. The minimum absolute atomic E-state index is 0.0640. The summed E-state index contributed by atoms with van der Waals surface area (Å²) in [6, 6.07) is 4.89. The summed E-state index contributed by atoms with van der Waals surface area (Å²) in [6.07, 6.45) is 0.391. The molecule has 0 N–H and O–H groups in total. The fourth-order valence-corrected chi connectivity index (χ4v) is 4.42. The van der Waals surface area contributed by atoms with Crippen molar-refractivity contribution >= 4 is 28.8 Å². The van der Waals surface area contributed by atoms with E-state index in [4.69, 9.17) is 14.2 Å². The first-order chi connectivity index (χ1) is 14.4. The molecule has 2 heterocycles. The molecule has 1 atom stereocenters. The molecule has 0 aromatic heterocycles. The van der Waals surface area contributed by atoms with Crippen LogP contribution in [-0.2, 0) is 14.3 Å². The van der Waals surface area contributed by atoms with E-state index in [-0.39, 0.29) is 12.5 Å². The smallest absolute Gasteiger partial charge is 0.338 e. The number of allylic oxidation sites excluding steroid dienone is 1. The number of methoxy groups -OCH3 is 1. The first-order valence-electron chi connectivity index (χ1n) is 10.1. The summed E-state index contributed by atoms with van der Waals surface area (Å²) >= 11 is 1.52. The van der Waals surface area contributed by atoms with Crippen molar-refractivity contribution in [3.63, 3.8) is 0 Å². The molecule has 30 heavy (non-hydrogen) atoms. The summed E-state index contributed by atoms with van der Waals surface area (Å²) in [7, 11) is 1.57. The molecule has 0 saturated carbocycles. The predicted molar refractivity (Wildman–Crippen MR) is 117 cm³/mol. The van der Waals surface area contributed by atoms with Crippen LogP contribution >= 0.6 is 11.8 Å². The molecular weight excluding hydrogens is 404 g/mol. The molecule has 0 radical (unpaired) electrons. The van der Waals surface area contributed by atoms with Crippen molar-refractivity contribution in [3.05, 3.63) is 35.0 Å². The van der Waals surface area contributed by atoms with Crippen molar-refractivity contribution < 1.29 is 23.8 Å². The van der Waals surface area contributed by atoms with E-state index in [2.05, 4.69) is 18.8 Å². The van der Waals surface area contributed by atoms with Crippen LogP contribution in [0.4, 0.5) is 0 Å². The molecule has 8 heteroatoms. The Bertz CT molecular complexity index is 894. The number of fused-ring (bicyclic) bond motifs is 1. The largest absolute Gasteiger partial charge is 0.493 e. The summed E-state index contributed by atoms with van der Waals surface area (Å²) in [6.45, 7) is 8.48. The van der Waals surface area contributed by atoms with Crippen molar-refractivity contribution in [2.24, 2.45) is 10.9 Å². The molecule has 0 spiro atoms. The van der Waals surface area contributed by atoms with Gasteiger partial charge >= 0.3 is 5.97 Å². The Morgan fingerprint density at radius 2 is 2.10 bits per heavy atom. The number of aliphatic imine (C=N–C) groups is 1. The lowest BCUT2D eigenvalue weighted by Gasteiger charge is -2.39. The molecule has 2 aliphatic heterocycles. The van der Waals surface area contributed by atoms with Crippen LogP contribution < -0.4 is 9.47 Å².